The smallest absolute Gasteiger partial charge is 0.274 e. The van der Waals surface area contributed by atoms with Crippen molar-refractivity contribution in [3.8, 4) is 0 Å². The Morgan fingerprint density at radius 3 is 2.46 bits per heavy atom. The van der Waals surface area contributed by atoms with Gasteiger partial charge in [-0.3, -0.25) is 4.79 Å². The fraction of sp³-hybridized carbons (Fsp3) is 0.150. The van der Waals surface area contributed by atoms with Crippen LogP contribution in [0.25, 0.3) is 0 Å². The fourth-order valence-electron chi connectivity index (χ4n) is 2.50. The van der Waals surface area contributed by atoms with Gasteiger partial charge in [0.2, 0.25) is 0 Å². The molecule has 26 heavy (non-hydrogen) atoms. The SMILES string of the molecule is Cc1nc(Nc2cccc(C)c2C)cc(C(=O)Nc2ccc(Cl)cc2)n1. The molecule has 0 spiro atoms. The average molecular weight is 367 g/mol. The Morgan fingerprint density at radius 1 is 1.00 bits per heavy atom. The summed E-state index contributed by atoms with van der Waals surface area (Å²) in [5.74, 6) is 0.788. The van der Waals surface area contributed by atoms with E-state index in [-0.39, 0.29) is 5.91 Å². The third-order valence-corrected chi connectivity index (χ3v) is 4.29. The highest BCUT2D eigenvalue weighted by atomic mass is 35.5. The molecule has 3 rings (SSSR count). The number of hydrogen-bond donors (Lipinski definition) is 2. The van der Waals surface area contributed by atoms with Crippen molar-refractivity contribution >= 4 is 34.7 Å². The maximum atomic E-state index is 12.5. The molecule has 3 aromatic rings. The summed E-state index contributed by atoms with van der Waals surface area (Å²) in [6.45, 7) is 5.85. The van der Waals surface area contributed by atoms with Gasteiger partial charge in [-0.05, 0) is 62.2 Å². The van der Waals surface area contributed by atoms with Crippen LogP contribution in [0.15, 0.2) is 48.5 Å². The van der Waals surface area contributed by atoms with E-state index in [0.717, 1.165) is 11.3 Å². The van der Waals surface area contributed by atoms with E-state index in [1.807, 2.05) is 19.1 Å². The van der Waals surface area contributed by atoms with Gasteiger partial charge in [-0.25, -0.2) is 9.97 Å². The molecule has 1 amide bonds. The van der Waals surface area contributed by atoms with Crippen molar-refractivity contribution in [2.24, 2.45) is 0 Å². The van der Waals surface area contributed by atoms with Crippen LogP contribution < -0.4 is 10.6 Å². The van der Waals surface area contributed by atoms with Crippen LogP contribution in [-0.2, 0) is 0 Å². The van der Waals surface area contributed by atoms with E-state index in [4.69, 9.17) is 11.6 Å². The number of carbonyl (C=O) groups is 1. The van der Waals surface area contributed by atoms with Gasteiger partial charge in [0, 0.05) is 22.5 Å². The second-order valence-corrected chi connectivity index (χ2v) is 6.46. The van der Waals surface area contributed by atoms with E-state index in [1.165, 1.54) is 5.56 Å². The van der Waals surface area contributed by atoms with Gasteiger partial charge in [0.05, 0.1) is 0 Å². The van der Waals surface area contributed by atoms with E-state index >= 15 is 0 Å². The molecule has 0 bridgehead atoms. The van der Waals surface area contributed by atoms with E-state index in [1.54, 1.807) is 37.3 Å². The molecule has 0 saturated heterocycles. The quantitative estimate of drug-likeness (QED) is 0.678. The monoisotopic (exact) mass is 366 g/mol. The van der Waals surface area contributed by atoms with Gasteiger partial charge in [-0.2, -0.15) is 0 Å². The molecule has 0 fully saturated rings. The predicted molar refractivity (Wildman–Crippen MR) is 105 cm³/mol. The Hall–Kier alpha value is -2.92. The summed E-state index contributed by atoms with van der Waals surface area (Å²) < 4.78 is 0. The van der Waals surface area contributed by atoms with Gasteiger partial charge in [0.15, 0.2) is 0 Å². The number of rotatable bonds is 4. The van der Waals surface area contributed by atoms with Crippen molar-refractivity contribution in [2.45, 2.75) is 20.8 Å². The molecule has 0 aliphatic heterocycles. The Balaban J connectivity index is 1.84. The minimum absolute atomic E-state index is 0.292. The summed E-state index contributed by atoms with van der Waals surface area (Å²) in [5.41, 5.74) is 4.21. The molecule has 0 aliphatic rings. The zero-order valence-corrected chi connectivity index (χ0v) is 15.6. The van der Waals surface area contributed by atoms with Crippen molar-refractivity contribution in [3.05, 3.63) is 76.2 Å². The molecule has 5 nitrogen and oxygen atoms in total. The number of halogens is 1. The largest absolute Gasteiger partial charge is 0.340 e. The number of aryl methyl sites for hydroxylation is 2. The molecule has 1 aromatic heterocycles. The third-order valence-electron chi connectivity index (χ3n) is 4.04. The first-order valence-electron chi connectivity index (χ1n) is 8.18. The first-order valence-corrected chi connectivity index (χ1v) is 8.56. The summed E-state index contributed by atoms with van der Waals surface area (Å²) in [7, 11) is 0. The molecule has 0 radical (unpaired) electrons. The first kappa shape index (κ1) is 17.9. The molecule has 2 aromatic carbocycles. The van der Waals surface area contributed by atoms with Crippen LogP contribution in [0.5, 0.6) is 0 Å². The van der Waals surface area contributed by atoms with Gasteiger partial charge in [-0.1, -0.05) is 23.7 Å². The number of hydrogen-bond acceptors (Lipinski definition) is 4. The maximum absolute atomic E-state index is 12.5. The molecular weight excluding hydrogens is 348 g/mol. The molecule has 0 aliphatic carbocycles. The summed E-state index contributed by atoms with van der Waals surface area (Å²) in [4.78, 5) is 21.1. The first-order chi connectivity index (χ1) is 12.4. The summed E-state index contributed by atoms with van der Waals surface area (Å²) in [5, 5.41) is 6.69. The second-order valence-electron chi connectivity index (χ2n) is 6.02. The van der Waals surface area contributed by atoms with E-state index < -0.39 is 0 Å². The number of aromatic nitrogens is 2. The van der Waals surface area contributed by atoms with E-state index in [2.05, 4.69) is 33.6 Å². The van der Waals surface area contributed by atoms with Crippen molar-refractivity contribution in [3.63, 3.8) is 0 Å². The van der Waals surface area contributed by atoms with Gasteiger partial charge in [0.1, 0.15) is 17.3 Å². The number of amides is 1. The highest BCUT2D eigenvalue weighted by Crippen LogP contribution is 2.22. The maximum Gasteiger partial charge on any atom is 0.274 e. The fourth-order valence-corrected chi connectivity index (χ4v) is 2.63. The molecule has 1 heterocycles. The van der Waals surface area contributed by atoms with Crippen LogP contribution in [0.1, 0.15) is 27.4 Å². The molecule has 6 heteroatoms. The van der Waals surface area contributed by atoms with Gasteiger partial charge >= 0.3 is 0 Å². The van der Waals surface area contributed by atoms with Crippen LogP contribution in [0.2, 0.25) is 5.02 Å². The number of carbonyl (C=O) groups excluding carboxylic acids is 1. The Labute approximate surface area is 157 Å². The molecule has 0 atom stereocenters. The number of benzene rings is 2. The summed E-state index contributed by atoms with van der Waals surface area (Å²) in [6.07, 6.45) is 0. The Kier molecular flexibility index (Phi) is 5.19. The van der Waals surface area contributed by atoms with Crippen molar-refractivity contribution in [1.82, 2.24) is 9.97 Å². The second kappa shape index (κ2) is 7.54. The summed E-state index contributed by atoms with van der Waals surface area (Å²) >= 11 is 5.87. The normalized spacial score (nSPS) is 10.5. The van der Waals surface area contributed by atoms with Crippen LogP contribution in [0.3, 0.4) is 0 Å². The Morgan fingerprint density at radius 2 is 1.73 bits per heavy atom. The lowest BCUT2D eigenvalue weighted by Gasteiger charge is -2.12. The zero-order chi connectivity index (χ0) is 18.7. The minimum atomic E-state index is -0.304. The molecule has 0 saturated carbocycles. The summed E-state index contributed by atoms with van der Waals surface area (Å²) in [6, 6.07) is 14.6. The zero-order valence-electron chi connectivity index (χ0n) is 14.8. The van der Waals surface area contributed by atoms with Crippen molar-refractivity contribution < 1.29 is 4.79 Å². The van der Waals surface area contributed by atoms with Crippen molar-refractivity contribution in [1.29, 1.82) is 0 Å². The van der Waals surface area contributed by atoms with Crippen LogP contribution in [0.4, 0.5) is 17.2 Å². The van der Waals surface area contributed by atoms with Gasteiger partial charge < -0.3 is 10.6 Å². The average Bonchev–Trinajstić information content (AvgIpc) is 2.60. The van der Waals surface area contributed by atoms with Crippen molar-refractivity contribution in [2.75, 3.05) is 10.6 Å². The lowest BCUT2D eigenvalue weighted by atomic mass is 10.1. The minimum Gasteiger partial charge on any atom is -0.340 e. The lowest BCUT2D eigenvalue weighted by Crippen LogP contribution is -2.15. The highest BCUT2D eigenvalue weighted by Gasteiger charge is 2.12. The number of nitrogens with zero attached hydrogens (tertiary/aromatic N) is 2. The number of anilines is 3. The van der Waals surface area contributed by atoms with Crippen LogP contribution in [0, 0.1) is 20.8 Å². The van der Waals surface area contributed by atoms with E-state index in [0.29, 0.717) is 28.0 Å². The molecule has 132 valence electrons. The Bertz CT molecular complexity index is 955. The molecule has 2 N–H and O–H groups in total. The van der Waals surface area contributed by atoms with Gasteiger partial charge in [-0.15, -0.1) is 0 Å². The van der Waals surface area contributed by atoms with E-state index in [9.17, 15) is 4.79 Å². The lowest BCUT2D eigenvalue weighted by molar-refractivity contribution is 0.102. The predicted octanol–water partition coefficient (Wildman–Crippen LogP) is 5.05. The van der Waals surface area contributed by atoms with Gasteiger partial charge in [0.25, 0.3) is 5.91 Å². The number of nitrogens with one attached hydrogen (secondary N) is 2. The third kappa shape index (κ3) is 4.18. The highest BCUT2D eigenvalue weighted by molar-refractivity contribution is 6.30. The molecular formula is C20H19ClN4O. The van der Waals surface area contributed by atoms with Crippen LogP contribution >= 0.6 is 11.6 Å². The standard InChI is InChI=1S/C20H19ClN4O/c1-12-5-4-6-17(13(12)2)25-19-11-18(22-14(3)23-19)20(26)24-16-9-7-15(21)8-10-16/h4-11H,1-3H3,(H,24,26)(H,22,23,25). The molecule has 0 unspecified atom stereocenters. The topological polar surface area (TPSA) is 66.9 Å². The van der Waals surface area contributed by atoms with Crippen LogP contribution in [-0.4, -0.2) is 15.9 Å².